The summed E-state index contributed by atoms with van der Waals surface area (Å²) >= 11 is 0. The molecule has 0 spiro atoms. The SMILES string of the molecule is CC(C)C[C@@H](C(=O)O)N1C(=O)c2ccc(Oc3ccc4c(c3)C(=O)N([C@@H](CC(C)C)C(=O)O)C4=O)cc2C1=O. The molecule has 39 heavy (non-hydrogen) atoms. The third-order valence-electron chi connectivity index (χ3n) is 6.60. The summed E-state index contributed by atoms with van der Waals surface area (Å²) < 4.78 is 5.81. The summed E-state index contributed by atoms with van der Waals surface area (Å²) in [7, 11) is 0. The van der Waals surface area contributed by atoms with E-state index in [-0.39, 0.29) is 58.4 Å². The molecule has 2 atom stereocenters. The van der Waals surface area contributed by atoms with E-state index in [4.69, 9.17) is 4.74 Å². The second-order valence-corrected chi connectivity index (χ2v) is 10.4. The van der Waals surface area contributed by atoms with Crippen molar-refractivity contribution in [2.45, 2.75) is 52.6 Å². The molecule has 0 saturated heterocycles. The van der Waals surface area contributed by atoms with Crippen molar-refractivity contribution in [1.82, 2.24) is 9.80 Å². The zero-order valence-corrected chi connectivity index (χ0v) is 21.8. The number of amides is 4. The van der Waals surface area contributed by atoms with Crippen LogP contribution in [0.25, 0.3) is 0 Å². The molecule has 11 heteroatoms. The molecule has 0 unspecified atom stereocenters. The Morgan fingerprint density at radius 3 is 1.28 bits per heavy atom. The lowest BCUT2D eigenvalue weighted by Gasteiger charge is -2.23. The van der Waals surface area contributed by atoms with Crippen LogP contribution in [0.3, 0.4) is 0 Å². The number of hydrogen-bond donors (Lipinski definition) is 2. The van der Waals surface area contributed by atoms with E-state index in [0.717, 1.165) is 9.80 Å². The van der Waals surface area contributed by atoms with Gasteiger partial charge in [-0.3, -0.25) is 29.0 Å². The fourth-order valence-electron chi connectivity index (χ4n) is 4.83. The van der Waals surface area contributed by atoms with Crippen LogP contribution in [0, 0.1) is 11.8 Å². The zero-order chi connectivity index (χ0) is 28.8. The lowest BCUT2D eigenvalue weighted by molar-refractivity contribution is -0.142. The number of benzene rings is 2. The van der Waals surface area contributed by atoms with Crippen molar-refractivity contribution in [3.8, 4) is 11.5 Å². The number of hydrogen-bond acceptors (Lipinski definition) is 7. The number of carboxylic acid groups (broad SMARTS) is 2. The highest BCUT2D eigenvalue weighted by Crippen LogP contribution is 2.34. The number of carbonyl (C=O) groups is 6. The quantitative estimate of drug-likeness (QED) is 0.432. The van der Waals surface area contributed by atoms with Crippen LogP contribution in [0.4, 0.5) is 0 Å². The van der Waals surface area contributed by atoms with Crippen LogP contribution in [0.5, 0.6) is 11.5 Å². The average Bonchev–Trinajstić information content (AvgIpc) is 3.24. The fraction of sp³-hybridized carbons (Fsp3) is 0.357. The first-order valence-corrected chi connectivity index (χ1v) is 12.5. The molecule has 4 rings (SSSR count). The molecular formula is C28H28N2O9. The smallest absolute Gasteiger partial charge is 0.326 e. The number of imide groups is 2. The van der Waals surface area contributed by atoms with Crippen molar-refractivity contribution in [1.29, 1.82) is 0 Å². The molecule has 2 aromatic carbocycles. The minimum atomic E-state index is -1.31. The van der Waals surface area contributed by atoms with E-state index < -0.39 is 47.7 Å². The molecule has 0 fully saturated rings. The second kappa shape index (κ2) is 10.3. The standard InChI is InChI=1S/C28H28N2O9/c1-13(2)9-21(27(35)36)29-23(31)17-7-5-15(11-19(17)25(29)33)39-16-6-8-18-20(12-16)26(34)30(24(18)32)22(28(37)38)10-14(3)4/h5-8,11-14,21-22H,9-10H2,1-4H3,(H,35,36)(H,37,38)/t21-,22-/m0/s1. The van der Waals surface area contributed by atoms with Gasteiger partial charge in [0, 0.05) is 0 Å². The van der Waals surface area contributed by atoms with Crippen molar-refractivity contribution >= 4 is 35.6 Å². The van der Waals surface area contributed by atoms with Gasteiger partial charge in [0.05, 0.1) is 22.3 Å². The topological polar surface area (TPSA) is 159 Å². The molecule has 0 radical (unpaired) electrons. The van der Waals surface area contributed by atoms with Gasteiger partial charge >= 0.3 is 11.9 Å². The number of ether oxygens (including phenoxy) is 1. The molecule has 0 aliphatic carbocycles. The van der Waals surface area contributed by atoms with Gasteiger partial charge in [-0.25, -0.2) is 9.59 Å². The molecular weight excluding hydrogens is 508 g/mol. The van der Waals surface area contributed by atoms with E-state index in [1.807, 2.05) is 0 Å². The zero-order valence-electron chi connectivity index (χ0n) is 21.8. The first-order valence-electron chi connectivity index (χ1n) is 12.5. The molecule has 2 aliphatic rings. The molecule has 4 amide bonds. The van der Waals surface area contributed by atoms with Crippen molar-refractivity contribution in [3.05, 3.63) is 58.7 Å². The maximum absolute atomic E-state index is 13.1. The van der Waals surface area contributed by atoms with Crippen LogP contribution in [-0.4, -0.2) is 67.7 Å². The van der Waals surface area contributed by atoms with E-state index in [0.29, 0.717) is 0 Å². The van der Waals surface area contributed by atoms with E-state index in [2.05, 4.69) is 0 Å². The molecule has 2 aliphatic heterocycles. The Hall–Kier alpha value is -4.54. The van der Waals surface area contributed by atoms with Crippen LogP contribution >= 0.6 is 0 Å². The Labute approximate surface area is 224 Å². The average molecular weight is 537 g/mol. The van der Waals surface area contributed by atoms with Gasteiger partial charge in [-0.15, -0.1) is 0 Å². The lowest BCUT2D eigenvalue weighted by Crippen LogP contribution is -2.45. The molecule has 0 bridgehead atoms. The van der Waals surface area contributed by atoms with Gasteiger partial charge in [-0.1, -0.05) is 27.7 Å². The fourth-order valence-corrected chi connectivity index (χ4v) is 4.83. The number of aliphatic carboxylic acids is 2. The van der Waals surface area contributed by atoms with Crippen molar-refractivity contribution in [3.63, 3.8) is 0 Å². The van der Waals surface area contributed by atoms with Crippen LogP contribution < -0.4 is 4.74 Å². The van der Waals surface area contributed by atoms with E-state index in [1.54, 1.807) is 27.7 Å². The van der Waals surface area contributed by atoms with E-state index in [1.165, 1.54) is 36.4 Å². The predicted molar refractivity (Wildman–Crippen MR) is 136 cm³/mol. The van der Waals surface area contributed by atoms with Gasteiger partial charge in [-0.05, 0) is 61.1 Å². The lowest BCUT2D eigenvalue weighted by atomic mass is 10.0. The highest BCUT2D eigenvalue weighted by molar-refractivity contribution is 6.23. The van der Waals surface area contributed by atoms with Gasteiger partial charge in [0.2, 0.25) is 0 Å². The van der Waals surface area contributed by atoms with Gasteiger partial charge in [0.25, 0.3) is 23.6 Å². The highest BCUT2D eigenvalue weighted by atomic mass is 16.5. The van der Waals surface area contributed by atoms with E-state index in [9.17, 15) is 39.0 Å². The maximum atomic E-state index is 13.1. The minimum Gasteiger partial charge on any atom is -0.480 e. The third-order valence-corrected chi connectivity index (χ3v) is 6.60. The molecule has 0 saturated carbocycles. The Bertz CT molecular complexity index is 1310. The summed E-state index contributed by atoms with van der Waals surface area (Å²) in [6, 6.07) is 5.62. The van der Waals surface area contributed by atoms with Gasteiger partial charge < -0.3 is 14.9 Å². The Balaban J connectivity index is 1.59. The molecule has 2 aromatic rings. The summed E-state index contributed by atoms with van der Waals surface area (Å²) in [6.45, 7) is 7.17. The molecule has 2 N–H and O–H groups in total. The van der Waals surface area contributed by atoms with Gasteiger partial charge in [-0.2, -0.15) is 0 Å². The largest absolute Gasteiger partial charge is 0.480 e. The summed E-state index contributed by atoms with van der Waals surface area (Å²) in [5.41, 5.74) is 0.0864. The summed E-state index contributed by atoms with van der Waals surface area (Å²) in [5.74, 6) is -5.32. The second-order valence-electron chi connectivity index (χ2n) is 10.4. The Kier molecular flexibility index (Phi) is 7.27. The maximum Gasteiger partial charge on any atom is 0.326 e. The number of rotatable bonds is 10. The molecule has 2 heterocycles. The highest BCUT2D eigenvalue weighted by Gasteiger charge is 2.44. The van der Waals surface area contributed by atoms with Crippen LogP contribution in [-0.2, 0) is 9.59 Å². The van der Waals surface area contributed by atoms with Gasteiger partial charge in [0.1, 0.15) is 23.6 Å². The summed E-state index contributed by atoms with van der Waals surface area (Å²) in [5, 5.41) is 19.3. The first-order chi connectivity index (χ1) is 18.3. The normalized spacial score (nSPS) is 16.2. The molecule has 0 aromatic heterocycles. The number of carboxylic acids is 2. The summed E-state index contributed by atoms with van der Waals surface area (Å²) in [4.78, 5) is 77.0. The minimum absolute atomic E-state index is 0.0101. The first kappa shape index (κ1) is 27.5. The monoisotopic (exact) mass is 536 g/mol. The molecule has 204 valence electrons. The number of carbonyl (C=O) groups excluding carboxylic acids is 4. The van der Waals surface area contributed by atoms with Gasteiger partial charge in [0.15, 0.2) is 0 Å². The van der Waals surface area contributed by atoms with Crippen molar-refractivity contribution in [2.75, 3.05) is 0 Å². The van der Waals surface area contributed by atoms with Crippen molar-refractivity contribution in [2.24, 2.45) is 11.8 Å². The van der Waals surface area contributed by atoms with Crippen molar-refractivity contribution < 1.29 is 43.7 Å². The van der Waals surface area contributed by atoms with Crippen LogP contribution in [0.2, 0.25) is 0 Å². The summed E-state index contributed by atoms with van der Waals surface area (Å²) in [6.07, 6.45) is 0.200. The van der Waals surface area contributed by atoms with Crippen LogP contribution in [0.1, 0.15) is 82.0 Å². The van der Waals surface area contributed by atoms with E-state index >= 15 is 0 Å². The number of fused-ring (bicyclic) bond motifs is 2. The Morgan fingerprint density at radius 2 is 0.974 bits per heavy atom. The molecule has 11 nitrogen and oxygen atoms in total. The van der Waals surface area contributed by atoms with Crippen LogP contribution in [0.15, 0.2) is 36.4 Å². The predicted octanol–water partition coefficient (Wildman–Crippen LogP) is 3.67. The Morgan fingerprint density at radius 1 is 0.641 bits per heavy atom. The third kappa shape index (κ3) is 4.99. The number of nitrogens with zero attached hydrogens (tertiary/aromatic N) is 2.